The highest BCUT2D eigenvalue weighted by Gasteiger charge is 2.60. The Morgan fingerprint density at radius 2 is 1.59 bits per heavy atom. The first-order valence-corrected chi connectivity index (χ1v) is 10.3. The second kappa shape index (κ2) is 7.00. The van der Waals surface area contributed by atoms with Crippen molar-refractivity contribution in [3.05, 3.63) is 34.4 Å². The molecule has 1 N–H and O–H groups in total. The molecule has 0 aliphatic heterocycles. The van der Waals surface area contributed by atoms with Crippen LogP contribution in [0.25, 0.3) is 5.76 Å². The van der Waals surface area contributed by atoms with E-state index in [4.69, 9.17) is 0 Å². The van der Waals surface area contributed by atoms with Crippen molar-refractivity contribution in [1.29, 1.82) is 0 Å². The fourth-order valence-corrected chi connectivity index (χ4v) is 5.12. The predicted molar refractivity (Wildman–Crippen MR) is 93.9 cm³/mol. The molecule has 0 heterocycles. The van der Waals surface area contributed by atoms with Gasteiger partial charge < -0.3 is 5.11 Å². The Bertz CT molecular complexity index is 940. The summed E-state index contributed by atoms with van der Waals surface area (Å²) >= 11 is 0. The normalized spacial score (nSPS) is 25.3. The lowest BCUT2D eigenvalue weighted by atomic mass is 9.81. The van der Waals surface area contributed by atoms with Crippen LogP contribution in [0.4, 0.5) is 22.0 Å². The lowest BCUT2D eigenvalue weighted by molar-refractivity contribution is -0.290. The zero-order valence-corrected chi connectivity index (χ0v) is 16.2. The monoisotopic (exact) mass is 436 g/mol. The minimum absolute atomic E-state index is 0.269. The van der Waals surface area contributed by atoms with Crippen LogP contribution in [0.2, 0.25) is 0 Å². The molecule has 2 bridgehead atoms. The fourth-order valence-electron chi connectivity index (χ4n) is 4.07. The van der Waals surface area contributed by atoms with Crippen LogP contribution in [0, 0.1) is 18.8 Å². The fraction of sp³-hybridized carbons (Fsp3) is 0.474. The lowest BCUT2D eigenvalue weighted by Gasteiger charge is -2.25. The third-order valence-electron chi connectivity index (χ3n) is 5.55. The van der Waals surface area contributed by atoms with Gasteiger partial charge in [0.05, 0.1) is 15.7 Å². The summed E-state index contributed by atoms with van der Waals surface area (Å²) in [5.41, 5.74) is -2.54. The van der Waals surface area contributed by atoms with Crippen LogP contribution in [0.1, 0.15) is 36.0 Å². The van der Waals surface area contributed by atoms with Gasteiger partial charge in [-0.2, -0.15) is 22.0 Å². The van der Waals surface area contributed by atoms with Crippen LogP contribution >= 0.6 is 0 Å². The molecule has 1 unspecified atom stereocenters. The number of allylic oxidation sites excluding steroid dienone is 1. The molecule has 1 aromatic carbocycles. The lowest BCUT2D eigenvalue weighted by Crippen LogP contribution is -2.35. The van der Waals surface area contributed by atoms with E-state index in [0.29, 0.717) is 25.3 Å². The summed E-state index contributed by atoms with van der Waals surface area (Å²) < 4.78 is 78.4. The van der Waals surface area contributed by atoms with Crippen molar-refractivity contribution in [2.24, 2.45) is 11.8 Å². The summed E-state index contributed by atoms with van der Waals surface area (Å²) in [5, 5.41) is 10.6. The van der Waals surface area contributed by atoms with E-state index < -0.39 is 68.1 Å². The summed E-state index contributed by atoms with van der Waals surface area (Å²) in [6.45, 7) is 1.12. The molecule has 0 saturated heterocycles. The second-order valence-corrected chi connectivity index (χ2v) is 8.62. The van der Waals surface area contributed by atoms with E-state index >= 15 is 0 Å². The van der Waals surface area contributed by atoms with Gasteiger partial charge in [0.15, 0.2) is 11.6 Å². The van der Waals surface area contributed by atoms with Crippen molar-refractivity contribution in [1.82, 2.24) is 0 Å². The van der Waals surface area contributed by atoms with Crippen LogP contribution in [0.15, 0.2) is 22.6 Å². The average molecular weight is 436 g/mol. The zero-order chi connectivity index (χ0) is 21.9. The van der Waals surface area contributed by atoms with Crippen LogP contribution in [-0.4, -0.2) is 33.3 Å². The van der Waals surface area contributed by atoms with E-state index in [9.17, 15) is 40.9 Å². The van der Waals surface area contributed by atoms with Gasteiger partial charge in [-0.3, -0.25) is 13.8 Å². The van der Waals surface area contributed by atoms with Gasteiger partial charge in [-0.1, -0.05) is 12.1 Å². The molecule has 1 aromatic rings. The number of rotatable bonds is 3. The topological polar surface area (TPSA) is 71.4 Å². The largest absolute Gasteiger partial charge is 0.506 e. The molecule has 0 amide bonds. The third-order valence-corrected chi connectivity index (χ3v) is 6.65. The summed E-state index contributed by atoms with van der Waals surface area (Å²) in [5.74, 6) is -8.03. The van der Waals surface area contributed by atoms with Crippen LogP contribution in [0.3, 0.4) is 0 Å². The molecule has 2 fully saturated rings. The Morgan fingerprint density at radius 3 is 2.03 bits per heavy atom. The van der Waals surface area contributed by atoms with E-state index in [0.717, 1.165) is 19.2 Å². The van der Waals surface area contributed by atoms with Crippen molar-refractivity contribution in [3.8, 4) is 0 Å². The van der Waals surface area contributed by atoms with Crippen molar-refractivity contribution in [2.75, 3.05) is 6.26 Å². The molecule has 3 rings (SSSR count). The summed E-state index contributed by atoms with van der Waals surface area (Å²) in [4.78, 5) is 24.3. The van der Waals surface area contributed by atoms with Gasteiger partial charge in [-0.15, -0.1) is 0 Å². The summed E-state index contributed by atoms with van der Waals surface area (Å²) in [7, 11) is -2.27. The first-order valence-electron chi connectivity index (χ1n) is 8.73. The van der Waals surface area contributed by atoms with Gasteiger partial charge in [0.25, 0.3) is 0 Å². The zero-order valence-electron chi connectivity index (χ0n) is 15.4. The Hall–Kier alpha value is -2.10. The number of benzene rings is 1. The number of alkyl halides is 5. The van der Waals surface area contributed by atoms with Crippen LogP contribution in [-0.2, 0) is 26.3 Å². The van der Waals surface area contributed by atoms with E-state index in [1.807, 2.05) is 0 Å². The number of fused-ring (bicyclic) bond motifs is 2. The number of aliphatic hydroxyl groups excluding tert-OH is 1. The first-order chi connectivity index (χ1) is 13.3. The molecule has 10 heteroatoms. The molecule has 29 heavy (non-hydrogen) atoms. The number of carbonyl (C=O) groups is 2. The van der Waals surface area contributed by atoms with E-state index in [1.54, 1.807) is 0 Å². The smallest absolute Gasteiger partial charge is 0.458 e. The summed E-state index contributed by atoms with van der Waals surface area (Å²) in [6, 6.07) is 1.22. The molecule has 0 aromatic heterocycles. The Morgan fingerprint density at radius 1 is 1.07 bits per heavy atom. The van der Waals surface area contributed by atoms with Gasteiger partial charge >= 0.3 is 12.1 Å². The molecule has 0 spiro atoms. The van der Waals surface area contributed by atoms with Crippen LogP contribution < -0.4 is 0 Å². The highest BCUT2D eigenvalue weighted by atomic mass is 32.2. The van der Waals surface area contributed by atoms with Crippen molar-refractivity contribution in [3.63, 3.8) is 0 Å². The van der Waals surface area contributed by atoms with E-state index in [2.05, 4.69) is 0 Å². The first kappa shape index (κ1) is 21.6. The number of aliphatic hydroxyl groups is 1. The van der Waals surface area contributed by atoms with Crippen molar-refractivity contribution in [2.45, 2.75) is 43.2 Å². The van der Waals surface area contributed by atoms with E-state index in [1.165, 1.54) is 0 Å². The SMILES string of the molecule is Cc1c(C(O)=C2C(=O)[C@@H]3CC[C@@H](C3)C2=O)ccc(C(F)(F)C(F)(F)F)c1S(C)=O. The molecule has 158 valence electrons. The molecular weight excluding hydrogens is 419 g/mol. The number of hydrogen-bond acceptors (Lipinski definition) is 4. The maximum atomic E-state index is 13.9. The Balaban J connectivity index is 2.22. The van der Waals surface area contributed by atoms with Gasteiger partial charge in [-0.25, -0.2) is 0 Å². The van der Waals surface area contributed by atoms with Gasteiger partial charge in [-0.05, 0) is 31.7 Å². The molecule has 2 aliphatic rings. The number of halogens is 5. The number of ketones is 2. The maximum Gasteiger partial charge on any atom is 0.458 e. The molecule has 2 saturated carbocycles. The molecular formula is C19H17F5O4S. The average Bonchev–Trinajstić information content (AvgIpc) is 3.05. The Labute approximate surface area is 165 Å². The highest BCUT2D eigenvalue weighted by molar-refractivity contribution is 7.84. The third kappa shape index (κ3) is 3.31. The quantitative estimate of drug-likeness (QED) is 0.333. The standard InChI is InChI=1S/C19H17F5O4S/c1-8-11(16(27)13-14(25)9-3-4-10(7-9)15(13)26)5-6-12(17(8)29(2)28)18(20,21)19(22,23)24/h5-6,9-10,27H,3-4,7H2,1-2H3/t9-,10+,29?. The van der Waals surface area contributed by atoms with Crippen LogP contribution in [0.5, 0.6) is 0 Å². The van der Waals surface area contributed by atoms with Crippen molar-refractivity contribution >= 4 is 28.1 Å². The van der Waals surface area contributed by atoms with Crippen molar-refractivity contribution < 1.29 is 40.9 Å². The van der Waals surface area contributed by atoms with Gasteiger partial charge in [0.1, 0.15) is 11.3 Å². The molecule has 2 aliphatic carbocycles. The molecule has 3 atom stereocenters. The second-order valence-electron chi connectivity index (χ2n) is 7.30. The predicted octanol–water partition coefficient (Wildman–Crippen LogP) is 4.22. The van der Waals surface area contributed by atoms with E-state index in [-0.39, 0.29) is 11.1 Å². The summed E-state index contributed by atoms with van der Waals surface area (Å²) in [6.07, 6.45) is -3.61. The minimum Gasteiger partial charge on any atom is -0.506 e. The highest BCUT2D eigenvalue weighted by Crippen LogP contribution is 2.47. The number of hydrogen-bond donors (Lipinski definition) is 1. The molecule has 0 radical (unpaired) electrons. The van der Waals surface area contributed by atoms with Gasteiger partial charge in [0.2, 0.25) is 0 Å². The molecule has 4 nitrogen and oxygen atoms in total. The van der Waals surface area contributed by atoms with Gasteiger partial charge in [0, 0.05) is 29.2 Å². The maximum absolute atomic E-state index is 13.9. The number of carbonyl (C=O) groups excluding carboxylic acids is 2. The Kier molecular flexibility index (Phi) is 5.21. The number of Topliss-reactive ketones (excluding diaryl/α,β-unsaturated/α-hetero) is 2. The minimum atomic E-state index is -5.91.